The van der Waals surface area contributed by atoms with Crippen LogP contribution in [-0.4, -0.2) is 19.9 Å². The standard InChI is InChI=1S/C18H14N4O2/c23-16(20-13-6-2-1-3-7-13)11-21-17-10-19-12-22(17)15-9-5-4-8-14(15)18(21)24/h1-10,12H,11H2,(H,20,23). The number of anilines is 1. The number of hydrogen-bond acceptors (Lipinski definition) is 3. The summed E-state index contributed by atoms with van der Waals surface area (Å²) in [5, 5.41) is 3.35. The highest BCUT2D eigenvalue weighted by atomic mass is 16.2. The Balaban J connectivity index is 1.78. The van der Waals surface area contributed by atoms with Crippen molar-refractivity contribution in [2.75, 3.05) is 5.32 Å². The Labute approximate surface area is 137 Å². The number of amides is 1. The molecule has 0 spiro atoms. The highest BCUT2D eigenvalue weighted by molar-refractivity contribution is 5.91. The number of nitrogens with one attached hydrogen (secondary N) is 1. The van der Waals surface area contributed by atoms with Gasteiger partial charge in [-0.25, -0.2) is 4.98 Å². The Bertz CT molecular complexity index is 1100. The zero-order chi connectivity index (χ0) is 16.5. The second-order valence-corrected chi connectivity index (χ2v) is 5.44. The number of hydrogen-bond donors (Lipinski definition) is 1. The molecule has 0 saturated carbocycles. The Hall–Kier alpha value is -3.41. The molecule has 1 N–H and O–H groups in total. The highest BCUT2D eigenvalue weighted by Gasteiger charge is 2.13. The van der Waals surface area contributed by atoms with E-state index in [1.807, 2.05) is 34.7 Å². The van der Waals surface area contributed by atoms with Gasteiger partial charge in [-0.2, -0.15) is 0 Å². The van der Waals surface area contributed by atoms with Crippen molar-refractivity contribution in [1.29, 1.82) is 0 Å². The summed E-state index contributed by atoms with van der Waals surface area (Å²) in [6.07, 6.45) is 3.23. The molecule has 1 amide bonds. The lowest BCUT2D eigenvalue weighted by molar-refractivity contribution is -0.116. The van der Waals surface area contributed by atoms with Crippen LogP contribution in [0.5, 0.6) is 0 Å². The van der Waals surface area contributed by atoms with Gasteiger partial charge in [-0.15, -0.1) is 0 Å². The van der Waals surface area contributed by atoms with E-state index in [4.69, 9.17) is 0 Å². The average Bonchev–Trinajstić information content (AvgIpc) is 3.09. The summed E-state index contributed by atoms with van der Waals surface area (Å²) in [7, 11) is 0. The van der Waals surface area contributed by atoms with Crippen molar-refractivity contribution in [1.82, 2.24) is 14.0 Å². The van der Waals surface area contributed by atoms with Crippen molar-refractivity contribution in [3.05, 3.63) is 77.5 Å². The third-order valence-corrected chi connectivity index (χ3v) is 3.89. The number of fused-ring (bicyclic) bond motifs is 3. The van der Waals surface area contributed by atoms with E-state index in [-0.39, 0.29) is 18.0 Å². The lowest BCUT2D eigenvalue weighted by Gasteiger charge is -2.11. The van der Waals surface area contributed by atoms with Gasteiger partial charge in [0.05, 0.1) is 17.1 Å². The maximum atomic E-state index is 12.8. The van der Waals surface area contributed by atoms with Gasteiger partial charge in [0, 0.05) is 5.69 Å². The SMILES string of the molecule is O=C(Cn1c(=O)c2ccccc2n2cncc12)Nc1ccccc1. The van der Waals surface area contributed by atoms with Crippen molar-refractivity contribution in [3.8, 4) is 0 Å². The number of carbonyl (C=O) groups is 1. The van der Waals surface area contributed by atoms with Crippen LogP contribution in [0.2, 0.25) is 0 Å². The van der Waals surface area contributed by atoms with E-state index < -0.39 is 0 Å². The molecule has 118 valence electrons. The van der Waals surface area contributed by atoms with Gasteiger partial charge in [-0.3, -0.25) is 18.6 Å². The number of aromatic nitrogens is 3. The molecule has 2 heterocycles. The van der Waals surface area contributed by atoms with E-state index in [2.05, 4.69) is 10.3 Å². The molecule has 0 unspecified atom stereocenters. The smallest absolute Gasteiger partial charge is 0.262 e. The third kappa shape index (κ3) is 2.34. The molecule has 2 aromatic carbocycles. The Morgan fingerprint density at radius 2 is 1.79 bits per heavy atom. The molecule has 0 bridgehead atoms. The first-order chi connectivity index (χ1) is 11.7. The summed E-state index contributed by atoms with van der Waals surface area (Å²) < 4.78 is 3.25. The van der Waals surface area contributed by atoms with Crippen LogP contribution >= 0.6 is 0 Å². The molecule has 0 aliphatic rings. The van der Waals surface area contributed by atoms with E-state index in [9.17, 15) is 9.59 Å². The first kappa shape index (κ1) is 14.2. The third-order valence-electron chi connectivity index (χ3n) is 3.89. The molecular formula is C18H14N4O2. The summed E-state index contributed by atoms with van der Waals surface area (Å²) >= 11 is 0. The Morgan fingerprint density at radius 1 is 1.04 bits per heavy atom. The van der Waals surface area contributed by atoms with Gasteiger partial charge in [0.1, 0.15) is 18.5 Å². The zero-order valence-corrected chi connectivity index (χ0v) is 12.7. The summed E-state index contributed by atoms with van der Waals surface area (Å²) in [6, 6.07) is 16.4. The molecule has 0 atom stereocenters. The van der Waals surface area contributed by atoms with Crippen molar-refractivity contribution in [2.45, 2.75) is 6.54 Å². The number of benzene rings is 2. The second kappa shape index (κ2) is 5.66. The van der Waals surface area contributed by atoms with Crippen LogP contribution in [-0.2, 0) is 11.3 Å². The molecule has 6 heteroatoms. The minimum absolute atomic E-state index is 0.0756. The minimum Gasteiger partial charge on any atom is -0.325 e. The first-order valence-corrected chi connectivity index (χ1v) is 7.52. The maximum Gasteiger partial charge on any atom is 0.262 e. The van der Waals surface area contributed by atoms with Crippen LogP contribution < -0.4 is 10.9 Å². The van der Waals surface area contributed by atoms with Crippen molar-refractivity contribution in [3.63, 3.8) is 0 Å². The fraction of sp³-hybridized carbons (Fsp3) is 0.0556. The van der Waals surface area contributed by atoms with Crippen LogP contribution in [0.15, 0.2) is 71.9 Å². The Morgan fingerprint density at radius 3 is 2.62 bits per heavy atom. The van der Waals surface area contributed by atoms with Crippen molar-refractivity contribution >= 4 is 28.1 Å². The quantitative estimate of drug-likeness (QED) is 0.630. The topological polar surface area (TPSA) is 68.4 Å². The largest absolute Gasteiger partial charge is 0.325 e. The lowest BCUT2D eigenvalue weighted by atomic mass is 10.2. The highest BCUT2D eigenvalue weighted by Crippen LogP contribution is 2.13. The number of imidazole rings is 1. The molecule has 0 aliphatic heterocycles. The summed E-state index contributed by atoms with van der Waals surface area (Å²) in [5.41, 5.74) is 1.85. The summed E-state index contributed by atoms with van der Waals surface area (Å²) in [6.45, 7) is -0.0756. The molecule has 2 aromatic heterocycles. The van der Waals surface area contributed by atoms with E-state index >= 15 is 0 Å². The van der Waals surface area contributed by atoms with Crippen LogP contribution in [0.4, 0.5) is 5.69 Å². The van der Waals surface area contributed by atoms with Crippen LogP contribution in [0.25, 0.3) is 16.6 Å². The fourth-order valence-corrected chi connectivity index (χ4v) is 2.81. The lowest BCUT2D eigenvalue weighted by Crippen LogP contribution is -2.29. The van der Waals surface area contributed by atoms with Crippen LogP contribution in [0, 0.1) is 0 Å². The van der Waals surface area contributed by atoms with Crippen LogP contribution in [0.1, 0.15) is 0 Å². The van der Waals surface area contributed by atoms with Gasteiger partial charge >= 0.3 is 0 Å². The molecule has 4 aromatic rings. The van der Waals surface area contributed by atoms with Gasteiger partial charge in [0.2, 0.25) is 5.91 Å². The predicted octanol–water partition coefficient (Wildman–Crippen LogP) is 2.29. The first-order valence-electron chi connectivity index (χ1n) is 7.52. The number of carbonyl (C=O) groups excluding carboxylic acids is 1. The molecule has 6 nitrogen and oxygen atoms in total. The molecule has 24 heavy (non-hydrogen) atoms. The molecule has 0 radical (unpaired) electrons. The van der Waals surface area contributed by atoms with E-state index in [0.717, 1.165) is 5.52 Å². The number of nitrogens with zero attached hydrogens (tertiary/aromatic N) is 3. The minimum atomic E-state index is -0.262. The monoisotopic (exact) mass is 318 g/mol. The molecule has 4 rings (SSSR count). The van der Waals surface area contributed by atoms with Gasteiger partial charge in [-0.1, -0.05) is 30.3 Å². The summed E-state index contributed by atoms with van der Waals surface area (Å²) in [5.74, 6) is -0.262. The maximum absolute atomic E-state index is 12.8. The van der Waals surface area contributed by atoms with E-state index in [0.29, 0.717) is 16.7 Å². The average molecular weight is 318 g/mol. The van der Waals surface area contributed by atoms with Gasteiger partial charge in [0.25, 0.3) is 5.56 Å². The summed E-state index contributed by atoms with van der Waals surface area (Å²) in [4.78, 5) is 29.2. The second-order valence-electron chi connectivity index (χ2n) is 5.44. The molecule has 0 saturated heterocycles. The van der Waals surface area contributed by atoms with Gasteiger partial charge in [-0.05, 0) is 24.3 Å². The van der Waals surface area contributed by atoms with Crippen molar-refractivity contribution < 1.29 is 4.79 Å². The Kier molecular flexibility index (Phi) is 3.35. The molecule has 0 fully saturated rings. The normalized spacial score (nSPS) is 11.0. The van der Waals surface area contributed by atoms with E-state index in [1.165, 1.54) is 4.57 Å². The molecular weight excluding hydrogens is 304 g/mol. The number of rotatable bonds is 3. The zero-order valence-electron chi connectivity index (χ0n) is 12.7. The van der Waals surface area contributed by atoms with Crippen LogP contribution in [0.3, 0.4) is 0 Å². The van der Waals surface area contributed by atoms with Gasteiger partial charge < -0.3 is 5.32 Å². The molecule has 0 aliphatic carbocycles. The fourth-order valence-electron chi connectivity index (χ4n) is 2.81. The van der Waals surface area contributed by atoms with Gasteiger partial charge in [0.15, 0.2) is 0 Å². The van der Waals surface area contributed by atoms with Crippen molar-refractivity contribution in [2.24, 2.45) is 0 Å². The predicted molar refractivity (Wildman–Crippen MR) is 92.0 cm³/mol. The van der Waals surface area contributed by atoms with E-state index in [1.54, 1.807) is 36.8 Å². The number of para-hydroxylation sites is 2.